The average molecular weight is 455 g/mol. The molecule has 170 valence electrons. The lowest BCUT2D eigenvalue weighted by Crippen LogP contribution is -2.46. The number of pyridine rings is 1. The van der Waals surface area contributed by atoms with E-state index in [4.69, 9.17) is 15.5 Å². The molecule has 5 rings (SSSR count). The van der Waals surface area contributed by atoms with Gasteiger partial charge in [-0.1, -0.05) is 29.8 Å². The average Bonchev–Trinajstić information content (AvgIpc) is 3.16. The van der Waals surface area contributed by atoms with Crippen molar-refractivity contribution in [2.45, 2.75) is 30.3 Å². The minimum absolute atomic E-state index is 0.281. The molecule has 3 heterocycles. The van der Waals surface area contributed by atoms with E-state index in [1.54, 1.807) is 0 Å². The molecule has 5 N–H and O–H groups in total. The summed E-state index contributed by atoms with van der Waals surface area (Å²) in [5.41, 5.74) is 10.1. The first-order valence-electron chi connectivity index (χ1n) is 10.9. The Labute approximate surface area is 189 Å². The van der Waals surface area contributed by atoms with Crippen molar-refractivity contribution in [1.82, 2.24) is 4.98 Å². The molecule has 0 bridgehead atoms. The third-order valence-corrected chi connectivity index (χ3v) is 8.23. The van der Waals surface area contributed by atoms with Crippen molar-refractivity contribution < 1.29 is 13.8 Å². The Morgan fingerprint density at radius 3 is 2.88 bits per heavy atom. The molecule has 0 aliphatic carbocycles. The van der Waals surface area contributed by atoms with E-state index in [1.165, 1.54) is 5.56 Å². The zero-order valence-corrected chi connectivity index (χ0v) is 19.1. The van der Waals surface area contributed by atoms with Gasteiger partial charge in [0.05, 0.1) is 28.3 Å². The number of hydrogen-bond acceptors (Lipinski definition) is 7. The summed E-state index contributed by atoms with van der Waals surface area (Å²) in [6, 6.07) is 15.9. The van der Waals surface area contributed by atoms with E-state index in [0.29, 0.717) is 37.7 Å². The van der Waals surface area contributed by atoms with E-state index in [9.17, 15) is 9.11 Å². The highest BCUT2D eigenvalue weighted by atomic mass is 32.3. The number of nitrogens with two attached hydrogens (primary N) is 1. The van der Waals surface area contributed by atoms with Crippen molar-refractivity contribution in [1.29, 1.82) is 0 Å². The zero-order valence-electron chi connectivity index (χ0n) is 18.3. The fourth-order valence-corrected chi connectivity index (χ4v) is 5.99. The van der Waals surface area contributed by atoms with Crippen LogP contribution < -0.4 is 16.0 Å². The Hall–Kier alpha value is -2.36. The number of nitrogens with one attached hydrogen (secondary N) is 1. The van der Waals surface area contributed by atoms with E-state index in [0.717, 1.165) is 34.4 Å². The second-order valence-electron chi connectivity index (χ2n) is 8.97. The number of hydrogen-bond donors (Lipinski definition) is 4. The van der Waals surface area contributed by atoms with Crippen molar-refractivity contribution in [3.63, 3.8) is 0 Å². The van der Waals surface area contributed by atoms with Gasteiger partial charge >= 0.3 is 0 Å². The van der Waals surface area contributed by atoms with Gasteiger partial charge in [0.1, 0.15) is 5.82 Å². The molecule has 2 aliphatic heterocycles. The van der Waals surface area contributed by atoms with Crippen LogP contribution in [-0.2, 0) is 11.3 Å². The molecule has 2 aliphatic rings. The van der Waals surface area contributed by atoms with Crippen LogP contribution in [0.25, 0.3) is 10.9 Å². The summed E-state index contributed by atoms with van der Waals surface area (Å²) in [5.74, 6) is 1.09. The van der Waals surface area contributed by atoms with Gasteiger partial charge in [0, 0.05) is 43.4 Å². The second kappa shape index (κ2) is 8.20. The maximum atomic E-state index is 10.7. The predicted molar refractivity (Wildman–Crippen MR) is 131 cm³/mol. The van der Waals surface area contributed by atoms with Crippen molar-refractivity contribution >= 4 is 33.0 Å². The molecule has 7 nitrogen and oxygen atoms in total. The first kappa shape index (κ1) is 21.5. The summed E-state index contributed by atoms with van der Waals surface area (Å²) >= 11 is 0. The number of ether oxygens (including phenoxy) is 1. The lowest BCUT2D eigenvalue weighted by molar-refractivity contribution is 0.180. The van der Waals surface area contributed by atoms with Gasteiger partial charge in [-0.25, -0.2) is 4.98 Å². The van der Waals surface area contributed by atoms with Crippen LogP contribution in [0, 0.1) is 6.92 Å². The van der Waals surface area contributed by atoms with Gasteiger partial charge in [-0.3, -0.25) is 9.11 Å². The lowest BCUT2D eigenvalue weighted by Gasteiger charge is -2.32. The molecule has 8 heteroatoms. The number of fused-ring (bicyclic) bond motifs is 2. The van der Waals surface area contributed by atoms with E-state index in [2.05, 4.69) is 35.3 Å². The summed E-state index contributed by atoms with van der Waals surface area (Å²) in [6.45, 7) is 5.01. The third-order valence-electron chi connectivity index (χ3n) is 6.37. The Morgan fingerprint density at radius 2 is 2.06 bits per heavy atom. The van der Waals surface area contributed by atoms with Crippen LogP contribution in [0.4, 0.5) is 11.5 Å². The van der Waals surface area contributed by atoms with Crippen molar-refractivity contribution in [3.8, 4) is 0 Å². The van der Waals surface area contributed by atoms with Gasteiger partial charge in [0.15, 0.2) is 0 Å². The second-order valence-corrected chi connectivity index (χ2v) is 11.1. The van der Waals surface area contributed by atoms with Gasteiger partial charge < -0.3 is 20.7 Å². The topological polar surface area (TPSA) is 104 Å². The fourth-order valence-electron chi connectivity index (χ4n) is 4.45. The molecule has 1 aromatic heterocycles. The maximum absolute atomic E-state index is 10.7. The van der Waals surface area contributed by atoms with E-state index in [-0.39, 0.29) is 11.3 Å². The quantitative estimate of drug-likeness (QED) is 0.468. The minimum atomic E-state index is -2.82. The van der Waals surface area contributed by atoms with E-state index < -0.39 is 10.6 Å². The van der Waals surface area contributed by atoms with Crippen LogP contribution in [0.2, 0.25) is 0 Å². The summed E-state index contributed by atoms with van der Waals surface area (Å²) in [7, 11) is -2.82. The number of aryl methyl sites for hydroxylation is 1. The molecule has 0 spiro atoms. The molecular weight excluding hydrogens is 424 g/mol. The van der Waals surface area contributed by atoms with Crippen LogP contribution >= 0.6 is 10.6 Å². The molecule has 1 atom stereocenters. The molecule has 32 heavy (non-hydrogen) atoms. The summed E-state index contributed by atoms with van der Waals surface area (Å²) in [4.78, 5) is 7.70. The highest BCUT2D eigenvalue weighted by Crippen LogP contribution is 2.51. The summed E-state index contributed by atoms with van der Waals surface area (Å²) in [6.07, 6.45) is 0.829. The standard InChI is InChI=1S/C24H30N4O3S/c1-17-6-7-20-19(12-17)21(26-15-24(25)8-10-31-16-24)13-23(27-20)28-9-11-32(29,30)22-5-3-2-4-18(22)14-28/h2-7,12-13,29-30H,8-11,14-16,25H2,1H3,(H,26,27). The first-order chi connectivity index (χ1) is 15.3. The number of aromatic nitrogens is 1. The molecule has 1 saturated heterocycles. The molecule has 3 aromatic rings. The highest BCUT2D eigenvalue weighted by Gasteiger charge is 2.31. The maximum Gasteiger partial charge on any atom is 0.131 e. The van der Waals surface area contributed by atoms with Crippen LogP contribution in [0.5, 0.6) is 0 Å². The normalized spacial score (nSPS) is 23.6. The van der Waals surface area contributed by atoms with Crippen LogP contribution in [0.3, 0.4) is 0 Å². The minimum Gasteiger partial charge on any atom is -0.382 e. The molecule has 0 amide bonds. The molecule has 0 saturated carbocycles. The van der Waals surface area contributed by atoms with E-state index in [1.807, 2.05) is 30.3 Å². The molecule has 1 unspecified atom stereocenters. The van der Waals surface area contributed by atoms with E-state index >= 15 is 0 Å². The van der Waals surface area contributed by atoms with Gasteiger partial charge in [-0.15, -0.1) is 0 Å². The number of anilines is 2. The Bertz CT molecular complexity index is 1150. The highest BCUT2D eigenvalue weighted by molar-refractivity contribution is 8.24. The Morgan fingerprint density at radius 1 is 1.22 bits per heavy atom. The number of benzene rings is 2. The predicted octanol–water partition coefficient (Wildman–Crippen LogP) is 4.20. The van der Waals surface area contributed by atoms with Gasteiger partial charge in [0.25, 0.3) is 0 Å². The smallest absolute Gasteiger partial charge is 0.131 e. The first-order valence-corrected chi connectivity index (χ1v) is 12.7. The van der Waals surface area contributed by atoms with Crippen LogP contribution in [-0.4, -0.2) is 51.7 Å². The van der Waals surface area contributed by atoms with Crippen molar-refractivity contribution in [2.24, 2.45) is 5.73 Å². The van der Waals surface area contributed by atoms with Crippen molar-refractivity contribution in [2.75, 3.05) is 42.3 Å². The summed E-state index contributed by atoms with van der Waals surface area (Å²) < 4.78 is 26.9. The van der Waals surface area contributed by atoms with Crippen LogP contribution in [0.15, 0.2) is 53.4 Å². The molecule has 2 aromatic carbocycles. The Kier molecular flexibility index (Phi) is 5.51. The number of nitrogens with zero attached hydrogens (tertiary/aromatic N) is 2. The van der Waals surface area contributed by atoms with Crippen LogP contribution in [0.1, 0.15) is 17.5 Å². The SMILES string of the molecule is Cc1ccc2nc(N3CCS(O)(O)c4ccccc4C3)cc(NCC3(N)CCOC3)c2c1. The third kappa shape index (κ3) is 4.16. The molecular formula is C24H30N4O3S. The zero-order chi connectivity index (χ0) is 22.3. The molecule has 0 radical (unpaired) electrons. The molecule has 1 fully saturated rings. The van der Waals surface area contributed by atoms with Crippen molar-refractivity contribution in [3.05, 3.63) is 59.7 Å². The summed E-state index contributed by atoms with van der Waals surface area (Å²) in [5, 5.41) is 4.61. The van der Waals surface area contributed by atoms with Gasteiger partial charge in [0.2, 0.25) is 0 Å². The lowest BCUT2D eigenvalue weighted by atomic mass is 10.00. The Balaban J connectivity index is 1.52. The monoisotopic (exact) mass is 454 g/mol. The largest absolute Gasteiger partial charge is 0.382 e. The van der Waals surface area contributed by atoms with Gasteiger partial charge in [-0.2, -0.15) is 10.6 Å². The number of rotatable bonds is 4. The fraction of sp³-hybridized carbons (Fsp3) is 0.375. The van der Waals surface area contributed by atoms with Gasteiger partial charge in [-0.05, 0) is 37.1 Å².